The molecule has 8 aromatic carbocycles. The molecule has 0 fully saturated rings. The van der Waals surface area contributed by atoms with Crippen molar-refractivity contribution in [3.63, 3.8) is 0 Å². The van der Waals surface area contributed by atoms with Gasteiger partial charge in [-0.15, -0.1) is 0 Å². The highest BCUT2D eigenvalue weighted by molar-refractivity contribution is 6.25. The monoisotopic (exact) mass is 681 g/mol. The minimum atomic E-state index is 0.414. The van der Waals surface area contributed by atoms with E-state index in [0.29, 0.717) is 18.2 Å². The molecule has 2 aromatic heterocycles. The van der Waals surface area contributed by atoms with Gasteiger partial charge in [0.05, 0.1) is 6.54 Å². The highest BCUT2D eigenvalue weighted by atomic mass is 16.3. The number of rotatable bonds is 5. The number of furan rings is 2. The fourth-order valence-electron chi connectivity index (χ4n) is 7.55. The average molecular weight is 682 g/mol. The summed E-state index contributed by atoms with van der Waals surface area (Å²) in [6, 6.07) is 56.2. The molecule has 5 nitrogen and oxygen atoms in total. The van der Waals surface area contributed by atoms with Crippen LogP contribution in [0.15, 0.2) is 188 Å². The molecular formula is C48H31N3O2. The van der Waals surface area contributed by atoms with Gasteiger partial charge >= 0.3 is 0 Å². The Morgan fingerprint density at radius 2 is 1.13 bits per heavy atom. The van der Waals surface area contributed by atoms with E-state index in [1.165, 1.54) is 21.5 Å². The third-order valence-corrected chi connectivity index (χ3v) is 10.1. The second-order valence-corrected chi connectivity index (χ2v) is 13.2. The first-order chi connectivity index (χ1) is 26.2. The molecule has 5 heteroatoms. The summed E-state index contributed by atoms with van der Waals surface area (Å²) < 4.78 is 12.5. The first-order valence-corrected chi connectivity index (χ1v) is 17.6. The lowest BCUT2D eigenvalue weighted by atomic mass is 9.92. The normalized spacial score (nSPS) is 12.5. The van der Waals surface area contributed by atoms with Crippen molar-refractivity contribution >= 4 is 83.8 Å². The van der Waals surface area contributed by atoms with Crippen LogP contribution in [0.4, 0.5) is 0 Å². The summed E-state index contributed by atoms with van der Waals surface area (Å²) in [6.45, 7) is 4.49. The van der Waals surface area contributed by atoms with Crippen molar-refractivity contribution in [3.8, 4) is 11.1 Å². The molecular weight excluding hydrogens is 651 g/mol. The van der Waals surface area contributed by atoms with Crippen LogP contribution in [-0.2, 0) is 6.54 Å². The van der Waals surface area contributed by atoms with E-state index in [1.807, 2.05) is 78.9 Å². The molecule has 0 spiro atoms. The van der Waals surface area contributed by atoms with Crippen LogP contribution in [0.3, 0.4) is 0 Å². The SMILES string of the molecule is C=N/C(=N\C(=N/Cc1ccc2oc3ccccc3c2c1)c1ccccc1)c1c(-c2ccc3ccc4ccccc4c3c2)ccc2oc3ccccc3c12. The van der Waals surface area contributed by atoms with Gasteiger partial charge in [-0.3, -0.25) is 4.99 Å². The van der Waals surface area contributed by atoms with Gasteiger partial charge < -0.3 is 8.83 Å². The summed E-state index contributed by atoms with van der Waals surface area (Å²) in [6.07, 6.45) is 0. The fourth-order valence-corrected chi connectivity index (χ4v) is 7.55. The van der Waals surface area contributed by atoms with Gasteiger partial charge in [0.2, 0.25) is 0 Å². The second kappa shape index (κ2) is 12.6. The zero-order valence-corrected chi connectivity index (χ0v) is 28.7. The Kier molecular flexibility index (Phi) is 7.29. The number of nitrogens with zero attached hydrogens (tertiary/aromatic N) is 3. The predicted molar refractivity (Wildman–Crippen MR) is 221 cm³/mol. The Morgan fingerprint density at radius 1 is 0.491 bits per heavy atom. The maximum absolute atomic E-state index is 6.41. The minimum Gasteiger partial charge on any atom is -0.456 e. The predicted octanol–water partition coefficient (Wildman–Crippen LogP) is 12.6. The van der Waals surface area contributed by atoms with E-state index in [1.54, 1.807) is 0 Å². The van der Waals surface area contributed by atoms with Crippen LogP contribution >= 0.6 is 0 Å². The molecule has 10 aromatic rings. The van der Waals surface area contributed by atoms with E-state index in [2.05, 4.69) is 96.6 Å². The van der Waals surface area contributed by atoms with Crippen molar-refractivity contribution < 1.29 is 8.83 Å². The van der Waals surface area contributed by atoms with Gasteiger partial charge in [0.1, 0.15) is 22.3 Å². The molecule has 0 amide bonds. The molecule has 0 aliphatic carbocycles. The average Bonchev–Trinajstić information content (AvgIpc) is 3.79. The van der Waals surface area contributed by atoms with Crippen molar-refractivity contribution in [1.82, 2.24) is 0 Å². The van der Waals surface area contributed by atoms with Crippen molar-refractivity contribution in [3.05, 3.63) is 180 Å². The molecule has 0 atom stereocenters. The molecule has 250 valence electrons. The van der Waals surface area contributed by atoms with Crippen molar-refractivity contribution in [2.45, 2.75) is 6.54 Å². The standard InChI is InChI=1S/C48H31N3O2/c1-49-48(51-47(33-12-3-2-4-13-33)50-29-30-19-25-43-40(27-30)37-15-7-9-17-41(37)52-43)46-36(24-26-44-45(46)38-16-8-10-18-42(38)53-44)34-23-22-32-21-20-31-11-5-6-14-35(31)39(32)28-34/h2-28H,1,29H2/b50-47-,51-48-. The Bertz CT molecular complexity index is 3110. The summed E-state index contributed by atoms with van der Waals surface area (Å²) in [5.74, 6) is 1.03. The third-order valence-electron chi connectivity index (χ3n) is 10.1. The van der Waals surface area contributed by atoms with Gasteiger partial charge in [0, 0.05) is 32.7 Å². The maximum Gasteiger partial charge on any atom is 0.162 e. The highest BCUT2D eigenvalue weighted by Crippen LogP contribution is 2.39. The summed E-state index contributed by atoms with van der Waals surface area (Å²) in [5.41, 5.74) is 8.08. The molecule has 0 saturated carbocycles. The van der Waals surface area contributed by atoms with Crippen LogP contribution in [0.1, 0.15) is 16.7 Å². The van der Waals surface area contributed by atoms with Crippen LogP contribution < -0.4 is 0 Å². The van der Waals surface area contributed by atoms with Gasteiger partial charge in [0.25, 0.3) is 0 Å². The van der Waals surface area contributed by atoms with Crippen LogP contribution in [0, 0.1) is 0 Å². The van der Waals surface area contributed by atoms with Crippen LogP contribution in [0.25, 0.3) is 76.5 Å². The first kappa shape index (κ1) is 30.7. The number of amidine groups is 2. The third kappa shape index (κ3) is 5.29. The van der Waals surface area contributed by atoms with Gasteiger partial charge in [-0.1, -0.05) is 121 Å². The highest BCUT2D eigenvalue weighted by Gasteiger charge is 2.21. The van der Waals surface area contributed by atoms with Crippen LogP contribution in [0.2, 0.25) is 0 Å². The summed E-state index contributed by atoms with van der Waals surface area (Å²) in [4.78, 5) is 15.1. The topological polar surface area (TPSA) is 63.4 Å². The first-order valence-electron chi connectivity index (χ1n) is 17.6. The molecule has 0 unspecified atom stereocenters. The van der Waals surface area contributed by atoms with Crippen LogP contribution in [-0.4, -0.2) is 18.4 Å². The quantitative estimate of drug-likeness (QED) is 0.103. The van der Waals surface area contributed by atoms with Crippen LogP contribution in [0.5, 0.6) is 0 Å². The fraction of sp³-hybridized carbons (Fsp3) is 0.0208. The lowest BCUT2D eigenvalue weighted by Crippen LogP contribution is -2.07. The largest absolute Gasteiger partial charge is 0.456 e. The lowest BCUT2D eigenvalue weighted by Gasteiger charge is -2.14. The minimum absolute atomic E-state index is 0.414. The number of hydrogen-bond donors (Lipinski definition) is 0. The molecule has 0 N–H and O–H groups in total. The van der Waals surface area contributed by atoms with E-state index >= 15 is 0 Å². The van der Waals surface area contributed by atoms with E-state index in [0.717, 1.165) is 71.7 Å². The zero-order valence-electron chi connectivity index (χ0n) is 28.7. The maximum atomic E-state index is 6.41. The molecule has 0 aliphatic heterocycles. The van der Waals surface area contributed by atoms with E-state index in [-0.39, 0.29) is 0 Å². The van der Waals surface area contributed by atoms with Gasteiger partial charge in [-0.05, 0) is 87.4 Å². The number of benzene rings is 8. The Morgan fingerprint density at radius 3 is 1.96 bits per heavy atom. The Labute approximate surface area is 304 Å². The van der Waals surface area contributed by atoms with Gasteiger partial charge in [0.15, 0.2) is 11.7 Å². The molecule has 0 aliphatic rings. The molecule has 0 bridgehead atoms. The lowest BCUT2D eigenvalue weighted by molar-refractivity contribution is 0.668. The molecule has 0 radical (unpaired) electrons. The summed E-state index contributed by atoms with van der Waals surface area (Å²) in [7, 11) is 0. The molecule has 2 heterocycles. The number of hydrogen-bond acceptors (Lipinski definition) is 3. The van der Waals surface area contributed by atoms with Gasteiger partial charge in [-0.2, -0.15) is 0 Å². The molecule has 53 heavy (non-hydrogen) atoms. The van der Waals surface area contributed by atoms with Crippen molar-refractivity contribution in [2.75, 3.05) is 0 Å². The second-order valence-electron chi connectivity index (χ2n) is 13.2. The Hall–Kier alpha value is -7.11. The summed E-state index contributed by atoms with van der Waals surface area (Å²) in [5, 5.41) is 8.85. The van der Waals surface area contributed by atoms with E-state index in [9.17, 15) is 0 Å². The Balaban J connectivity index is 1.18. The van der Waals surface area contributed by atoms with E-state index in [4.69, 9.17) is 18.8 Å². The number of fused-ring (bicyclic) bond motifs is 9. The molecule has 10 rings (SSSR count). The summed E-state index contributed by atoms with van der Waals surface area (Å²) >= 11 is 0. The molecule has 0 saturated heterocycles. The number of aliphatic imine (C=N–C) groups is 3. The zero-order chi connectivity index (χ0) is 35.3. The smallest absolute Gasteiger partial charge is 0.162 e. The van der Waals surface area contributed by atoms with Gasteiger partial charge in [-0.25, -0.2) is 9.98 Å². The van der Waals surface area contributed by atoms with E-state index < -0.39 is 0 Å². The number of para-hydroxylation sites is 2. The van der Waals surface area contributed by atoms with Crippen molar-refractivity contribution in [2.24, 2.45) is 15.0 Å². The van der Waals surface area contributed by atoms with Crippen molar-refractivity contribution in [1.29, 1.82) is 0 Å².